The molecule has 3 aromatic carbocycles. The molecule has 4 aromatic rings. The molecular formula is C39H32F2N8O10. The number of amides is 3. The van der Waals surface area contributed by atoms with E-state index in [1.165, 1.54) is 12.1 Å². The van der Waals surface area contributed by atoms with Crippen molar-refractivity contribution in [2.75, 3.05) is 36.8 Å². The molecule has 302 valence electrons. The zero-order chi connectivity index (χ0) is 42.2. The van der Waals surface area contributed by atoms with Crippen molar-refractivity contribution >= 4 is 57.8 Å². The quantitative estimate of drug-likeness (QED) is 0.0306. The lowest BCUT2D eigenvalue weighted by Gasteiger charge is -2.17. The second kappa shape index (κ2) is 17.8. The van der Waals surface area contributed by atoms with Gasteiger partial charge in [0, 0.05) is 78.9 Å². The van der Waals surface area contributed by atoms with Crippen molar-refractivity contribution < 1.29 is 47.5 Å². The van der Waals surface area contributed by atoms with E-state index in [2.05, 4.69) is 36.6 Å². The number of nitrogens with zero attached hydrogens (tertiary/aromatic N) is 3. The van der Waals surface area contributed by atoms with Crippen LogP contribution < -0.4 is 32.0 Å². The number of aromatic carboxylic acids is 1. The van der Waals surface area contributed by atoms with Crippen molar-refractivity contribution in [3.8, 4) is 28.2 Å². The molecule has 1 aromatic heterocycles. The molecule has 6 rings (SSSR count). The van der Waals surface area contributed by atoms with Crippen molar-refractivity contribution in [2.24, 2.45) is 0 Å². The Labute approximate surface area is 330 Å². The maximum Gasteiger partial charge on any atom is 0.336 e. The first-order valence-electron chi connectivity index (χ1n) is 17.6. The van der Waals surface area contributed by atoms with Crippen molar-refractivity contribution in [1.29, 1.82) is 0 Å². The van der Waals surface area contributed by atoms with Gasteiger partial charge in [0.05, 0.1) is 10.5 Å². The number of fused-ring (bicyclic) bond motifs is 2. The minimum Gasteiger partial charge on any atom is -0.505 e. The first kappa shape index (κ1) is 40.6. The third-order valence-electron chi connectivity index (χ3n) is 8.67. The minimum absolute atomic E-state index is 0.0371. The van der Waals surface area contributed by atoms with E-state index in [4.69, 9.17) is 4.42 Å². The predicted octanol–water partition coefficient (Wildman–Crippen LogP) is 4.54. The zero-order valence-electron chi connectivity index (χ0n) is 30.5. The summed E-state index contributed by atoms with van der Waals surface area (Å²) in [5, 5.41) is 44.9. The molecule has 2 aliphatic rings. The summed E-state index contributed by atoms with van der Waals surface area (Å²) in [5.74, 6) is -6.32. The number of carboxylic acids is 1. The molecule has 0 fully saturated rings. The average molecular weight is 811 g/mol. The maximum absolute atomic E-state index is 14.5. The Morgan fingerprint density at radius 3 is 2.25 bits per heavy atom. The van der Waals surface area contributed by atoms with Crippen LogP contribution in [0.4, 0.5) is 31.9 Å². The van der Waals surface area contributed by atoms with Crippen molar-refractivity contribution in [3.63, 3.8) is 0 Å². The Kier molecular flexibility index (Phi) is 12.3. The minimum atomic E-state index is -1.50. The molecule has 2 heterocycles. The van der Waals surface area contributed by atoms with Crippen LogP contribution in [0.3, 0.4) is 0 Å². The van der Waals surface area contributed by atoms with E-state index in [9.17, 15) is 53.1 Å². The summed E-state index contributed by atoms with van der Waals surface area (Å²) in [6.45, 7) is -0.0487. The Morgan fingerprint density at radius 1 is 0.831 bits per heavy atom. The molecule has 3 amide bonds. The van der Waals surface area contributed by atoms with Gasteiger partial charge in [0.2, 0.25) is 29.0 Å². The summed E-state index contributed by atoms with van der Waals surface area (Å²) in [7, 11) is 0. The number of nitro groups is 1. The highest BCUT2D eigenvalue weighted by Crippen LogP contribution is 2.43. The number of aromatic hydroxyl groups is 1. The molecule has 59 heavy (non-hydrogen) atoms. The first-order chi connectivity index (χ1) is 28.3. The highest BCUT2D eigenvalue weighted by Gasteiger charge is 2.25. The van der Waals surface area contributed by atoms with E-state index in [-0.39, 0.29) is 95.5 Å². The molecule has 0 atom stereocenters. The third-order valence-corrected chi connectivity index (χ3v) is 8.67. The SMILES string of the molecule is O=C(CCNC(=O)CCNC(=O)c1ccc(-c2c3cc(F)c(=O)cc-3oc3cc(O)c(F)cc23)c(C(=O)O)c1)NCCNc1nc(Nc2ccccc2)ncc1[N+](=O)[O-]. The Balaban J connectivity index is 0.994. The van der Waals surface area contributed by atoms with Crippen LogP contribution in [-0.4, -0.2) is 75.0 Å². The number of hydrogen-bond donors (Lipinski definition) is 7. The number of para-hydroxylation sites is 1. The van der Waals surface area contributed by atoms with Gasteiger partial charge in [0.15, 0.2) is 17.4 Å². The largest absolute Gasteiger partial charge is 0.505 e. The summed E-state index contributed by atoms with van der Waals surface area (Å²) in [4.78, 5) is 81.1. The number of hydrogen-bond acceptors (Lipinski definition) is 13. The number of rotatable bonds is 16. The van der Waals surface area contributed by atoms with Gasteiger partial charge in [-0.25, -0.2) is 18.6 Å². The highest BCUT2D eigenvalue weighted by atomic mass is 19.1. The third kappa shape index (κ3) is 9.68. The van der Waals surface area contributed by atoms with Gasteiger partial charge in [0.1, 0.15) is 17.5 Å². The van der Waals surface area contributed by atoms with Crippen molar-refractivity contribution in [1.82, 2.24) is 25.9 Å². The van der Waals surface area contributed by atoms with E-state index in [1.807, 2.05) is 6.07 Å². The molecular weight excluding hydrogens is 778 g/mol. The van der Waals surface area contributed by atoms with Gasteiger partial charge < -0.3 is 41.2 Å². The van der Waals surface area contributed by atoms with Crippen LogP contribution in [-0.2, 0) is 9.59 Å². The second-order valence-electron chi connectivity index (χ2n) is 12.7. The van der Waals surface area contributed by atoms with Gasteiger partial charge in [-0.2, -0.15) is 4.98 Å². The van der Waals surface area contributed by atoms with Crippen LogP contribution >= 0.6 is 0 Å². The molecule has 20 heteroatoms. The normalized spacial score (nSPS) is 10.9. The number of carbonyl (C=O) groups is 4. The highest BCUT2D eigenvalue weighted by molar-refractivity contribution is 6.09. The Morgan fingerprint density at radius 2 is 1.54 bits per heavy atom. The summed E-state index contributed by atoms with van der Waals surface area (Å²) in [6.07, 6.45) is 0.764. The molecule has 0 spiro atoms. The van der Waals surface area contributed by atoms with Crippen molar-refractivity contribution in [2.45, 2.75) is 12.8 Å². The molecule has 18 nitrogen and oxygen atoms in total. The number of anilines is 3. The van der Waals surface area contributed by atoms with Gasteiger partial charge in [-0.1, -0.05) is 24.3 Å². The van der Waals surface area contributed by atoms with Gasteiger partial charge >= 0.3 is 11.7 Å². The summed E-state index contributed by atoms with van der Waals surface area (Å²) in [6, 6.07) is 15.9. The number of phenols is 1. The maximum atomic E-state index is 14.5. The smallest absolute Gasteiger partial charge is 0.336 e. The molecule has 0 unspecified atom stereocenters. The van der Waals surface area contributed by atoms with Gasteiger partial charge in [-0.15, -0.1) is 0 Å². The Hall–Kier alpha value is -8.03. The average Bonchev–Trinajstić information content (AvgIpc) is 3.20. The van der Waals surface area contributed by atoms with Crippen LogP contribution in [0.15, 0.2) is 88.2 Å². The van der Waals surface area contributed by atoms with Crippen LogP contribution in [0, 0.1) is 21.7 Å². The van der Waals surface area contributed by atoms with Gasteiger partial charge in [-0.3, -0.25) is 29.3 Å². The summed E-state index contributed by atoms with van der Waals surface area (Å²) >= 11 is 0. The number of aromatic nitrogens is 2. The second-order valence-corrected chi connectivity index (χ2v) is 12.7. The number of phenolic OH excluding ortho intramolecular Hbond substituents is 1. The van der Waals surface area contributed by atoms with E-state index >= 15 is 0 Å². The number of nitrogens with one attached hydrogen (secondary N) is 5. The number of carboxylic acid groups (broad SMARTS) is 1. The lowest BCUT2D eigenvalue weighted by Crippen LogP contribution is -2.34. The van der Waals surface area contributed by atoms with Gasteiger partial charge in [0.25, 0.3) is 5.91 Å². The number of benzene rings is 4. The predicted molar refractivity (Wildman–Crippen MR) is 208 cm³/mol. The molecule has 0 bridgehead atoms. The monoisotopic (exact) mass is 810 g/mol. The summed E-state index contributed by atoms with van der Waals surface area (Å²) < 4.78 is 34.6. The van der Waals surface area contributed by atoms with E-state index in [0.717, 1.165) is 36.5 Å². The lowest BCUT2D eigenvalue weighted by atomic mass is 9.89. The van der Waals surface area contributed by atoms with Gasteiger partial charge in [-0.05, 0) is 42.0 Å². The summed E-state index contributed by atoms with van der Waals surface area (Å²) in [5.41, 5.74) is -1.60. The topological polar surface area (TPSA) is 268 Å². The fourth-order valence-electron chi connectivity index (χ4n) is 5.89. The fraction of sp³-hybridized carbons (Fsp3) is 0.154. The van der Waals surface area contributed by atoms with E-state index in [1.54, 1.807) is 24.3 Å². The Bertz CT molecular complexity index is 2640. The molecule has 0 saturated carbocycles. The standard InChI is InChI=1S/C39H32F2N8O10/c40-26-15-24-31(17-29(26)50)59-32-18-30(51)27(41)16-25(32)35(24)22-7-6-20(14-23(22)38(55)56)37(54)45-11-9-33(52)42-10-8-34(53)43-12-13-44-36-28(49(57)58)19-46-39(48-36)47-21-4-2-1-3-5-21/h1-7,14-19,50H,8-13H2,(H,42,52)(H,43,53)(H,45,54)(H,55,56)(H2,44,46,47,48). The lowest BCUT2D eigenvalue weighted by molar-refractivity contribution is -0.384. The first-order valence-corrected chi connectivity index (χ1v) is 17.6. The molecule has 1 aliphatic heterocycles. The van der Waals surface area contributed by atoms with Crippen LogP contribution in [0.25, 0.3) is 33.4 Å². The van der Waals surface area contributed by atoms with Crippen molar-refractivity contribution in [3.05, 3.63) is 122 Å². The fourth-order valence-corrected chi connectivity index (χ4v) is 5.89. The number of halogens is 2. The zero-order valence-corrected chi connectivity index (χ0v) is 30.5. The van der Waals surface area contributed by atoms with E-state index in [0.29, 0.717) is 5.69 Å². The van der Waals surface area contributed by atoms with E-state index < -0.39 is 57.0 Å². The van der Waals surface area contributed by atoms with Crippen LogP contribution in [0.5, 0.6) is 5.75 Å². The van der Waals surface area contributed by atoms with Crippen LogP contribution in [0.2, 0.25) is 0 Å². The molecule has 0 saturated heterocycles. The molecule has 7 N–H and O–H groups in total. The molecule has 0 radical (unpaired) electrons. The number of carbonyl (C=O) groups excluding carboxylic acids is 3. The molecule has 1 aliphatic carbocycles. The van der Waals surface area contributed by atoms with Crippen LogP contribution in [0.1, 0.15) is 33.6 Å².